The number of nitrogens with zero attached hydrogens (tertiary/aromatic N) is 5. The topological polar surface area (TPSA) is 84.0 Å². The van der Waals surface area contributed by atoms with Crippen LogP contribution in [0.25, 0.3) is 22.3 Å². The molecule has 160 valence electrons. The van der Waals surface area contributed by atoms with Gasteiger partial charge >= 0.3 is 0 Å². The monoisotopic (exact) mass is 417 g/mol. The van der Waals surface area contributed by atoms with Gasteiger partial charge in [0.2, 0.25) is 5.82 Å². The SMILES string of the molecule is CC(=O)CN1CCCC(COc2ccc(-c3nc(C#N)nc4c3ccn4C)cc2C)C1. The van der Waals surface area contributed by atoms with E-state index in [1.807, 2.05) is 49.0 Å². The largest absolute Gasteiger partial charge is 0.493 e. The van der Waals surface area contributed by atoms with Crippen LogP contribution in [-0.2, 0) is 11.8 Å². The first-order valence-electron chi connectivity index (χ1n) is 10.6. The van der Waals surface area contributed by atoms with Crippen LogP contribution in [-0.4, -0.2) is 51.5 Å². The van der Waals surface area contributed by atoms with Gasteiger partial charge in [0.05, 0.1) is 18.8 Å². The normalized spacial score (nSPS) is 16.9. The van der Waals surface area contributed by atoms with Gasteiger partial charge in [-0.25, -0.2) is 9.97 Å². The zero-order chi connectivity index (χ0) is 22.0. The van der Waals surface area contributed by atoms with Crippen LogP contribution in [0.3, 0.4) is 0 Å². The number of hydrogen-bond donors (Lipinski definition) is 0. The van der Waals surface area contributed by atoms with Crippen LogP contribution in [0.15, 0.2) is 30.5 Å². The molecule has 0 spiro atoms. The molecule has 1 aliphatic rings. The summed E-state index contributed by atoms with van der Waals surface area (Å²) in [4.78, 5) is 22.4. The van der Waals surface area contributed by atoms with Crippen molar-refractivity contribution < 1.29 is 9.53 Å². The molecule has 1 saturated heterocycles. The maximum Gasteiger partial charge on any atom is 0.234 e. The zero-order valence-electron chi connectivity index (χ0n) is 18.3. The van der Waals surface area contributed by atoms with E-state index in [4.69, 9.17) is 4.74 Å². The molecule has 0 N–H and O–H groups in total. The summed E-state index contributed by atoms with van der Waals surface area (Å²) in [5.41, 5.74) is 3.45. The van der Waals surface area contributed by atoms with Gasteiger partial charge in [-0.2, -0.15) is 5.26 Å². The summed E-state index contributed by atoms with van der Waals surface area (Å²) in [6, 6.07) is 10.0. The van der Waals surface area contributed by atoms with Gasteiger partial charge in [-0.1, -0.05) is 0 Å². The van der Waals surface area contributed by atoms with E-state index < -0.39 is 0 Å². The Kier molecular flexibility index (Phi) is 6.01. The number of Topliss-reactive ketones (excluding diaryl/α,β-unsaturated/α-hetero) is 1. The molecule has 0 amide bonds. The van der Waals surface area contributed by atoms with E-state index in [-0.39, 0.29) is 11.6 Å². The van der Waals surface area contributed by atoms with Crippen LogP contribution in [0.4, 0.5) is 0 Å². The number of likely N-dealkylation sites (tertiary alicyclic amines) is 1. The summed E-state index contributed by atoms with van der Waals surface area (Å²) in [5, 5.41) is 10.2. The summed E-state index contributed by atoms with van der Waals surface area (Å²) in [6.45, 7) is 6.73. The highest BCUT2D eigenvalue weighted by Crippen LogP contribution is 2.30. The van der Waals surface area contributed by atoms with Gasteiger partial charge in [-0.05, 0) is 63.1 Å². The predicted octanol–water partition coefficient (Wildman–Crippen LogP) is 3.50. The van der Waals surface area contributed by atoms with Crippen LogP contribution in [0, 0.1) is 24.2 Å². The van der Waals surface area contributed by atoms with Crippen LogP contribution in [0.2, 0.25) is 0 Å². The summed E-state index contributed by atoms with van der Waals surface area (Å²) < 4.78 is 8.05. The molecule has 1 aliphatic heterocycles. The molecule has 1 fully saturated rings. The molecule has 31 heavy (non-hydrogen) atoms. The number of aryl methyl sites for hydroxylation is 2. The Morgan fingerprint density at radius 3 is 2.90 bits per heavy atom. The van der Waals surface area contributed by atoms with Gasteiger partial charge in [-0.15, -0.1) is 0 Å². The fourth-order valence-corrected chi connectivity index (χ4v) is 4.32. The maximum absolute atomic E-state index is 11.4. The number of rotatable bonds is 6. The Labute approximate surface area is 182 Å². The van der Waals surface area contributed by atoms with Crippen molar-refractivity contribution in [3.05, 3.63) is 41.9 Å². The number of carbonyl (C=O) groups excluding carboxylic acids is 1. The summed E-state index contributed by atoms with van der Waals surface area (Å²) in [6.07, 6.45) is 4.14. The minimum absolute atomic E-state index is 0.162. The molecule has 2 aromatic heterocycles. The van der Waals surface area contributed by atoms with Gasteiger partial charge in [0, 0.05) is 36.7 Å². The fourth-order valence-electron chi connectivity index (χ4n) is 4.32. The summed E-state index contributed by atoms with van der Waals surface area (Å²) in [5.74, 6) is 1.65. The Balaban J connectivity index is 1.51. The molecule has 3 aromatic rings. The summed E-state index contributed by atoms with van der Waals surface area (Å²) in [7, 11) is 1.91. The molecule has 0 radical (unpaired) electrons. The lowest BCUT2D eigenvalue weighted by Crippen LogP contribution is -2.40. The van der Waals surface area contributed by atoms with Crippen molar-refractivity contribution in [1.82, 2.24) is 19.4 Å². The number of piperidine rings is 1. The molecule has 0 aliphatic carbocycles. The average molecular weight is 418 g/mol. The van der Waals surface area contributed by atoms with Crippen LogP contribution in [0.5, 0.6) is 5.75 Å². The quantitative estimate of drug-likeness (QED) is 0.610. The first-order chi connectivity index (χ1) is 14.9. The van der Waals surface area contributed by atoms with E-state index >= 15 is 0 Å². The van der Waals surface area contributed by atoms with Crippen molar-refractivity contribution in [2.45, 2.75) is 26.7 Å². The van der Waals surface area contributed by atoms with E-state index in [0.717, 1.165) is 59.5 Å². The fraction of sp³-hybridized carbons (Fsp3) is 0.417. The molecule has 1 unspecified atom stereocenters. The standard InChI is InChI=1S/C24H27N5O2/c1-16-11-19(23-20-8-10-28(3)24(20)27-22(12-25)26-23)6-7-21(16)31-15-18-5-4-9-29(14-18)13-17(2)30/h6-8,10-11,18H,4-5,9,13-15H2,1-3H3. The van der Waals surface area contributed by atoms with E-state index in [1.165, 1.54) is 0 Å². The van der Waals surface area contributed by atoms with E-state index in [9.17, 15) is 10.1 Å². The van der Waals surface area contributed by atoms with Crippen LogP contribution < -0.4 is 4.74 Å². The number of carbonyl (C=O) groups is 1. The number of benzene rings is 1. The van der Waals surface area contributed by atoms with Gasteiger partial charge < -0.3 is 9.30 Å². The Bertz CT molecular complexity index is 1160. The predicted molar refractivity (Wildman–Crippen MR) is 119 cm³/mol. The number of aromatic nitrogens is 3. The molecule has 4 rings (SSSR count). The molecule has 3 heterocycles. The van der Waals surface area contributed by atoms with Crippen molar-refractivity contribution in [2.24, 2.45) is 13.0 Å². The van der Waals surface area contributed by atoms with Gasteiger partial charge in [0.15, 0.2) is 0 Å². The number of hydrogen-bond acceptors (Lipinski definition) is 6. The molecule has 0 saturated carbocycles. The lowest BCUT2D eigenvalue weighted by Gasteiger charge is -2.31. The minimum atomic E-state index is 0.162. The number of nitriles is 1. The highest BCUT2D eigenvalue weighted by molar-refractivity contribution is 5.91. The second-order valence-corrected chi connectivity index (χ2v) is 8.41. The summed E-state index contributed by atoms with van der Waals surface area (Å²) >= 11 is 0. The Morgan fingerprint density at radius 2 is 2.16 bits per heavy atom. The van der Waals surface area contributed by atoms with Gasteiger partial charge in [-0.3, -0.25) is 9.69 Å². The van der Waals surface area contributed by atoms with Crippen molar-refractivity contribution in [3.63, 3.8) is 0 Å². The third-order valence-electron chi connectivity index (χ3n) is 5.80. The molecule has 7 heteroatoms. The lowest BCUT2D eigenvalue weighted by atomic mass is 9.98. The lowest BCUT2D eigenvalue weighted by molar-refractivity contribution is -0.118. The average Bonchev–Trinajstić information content (AvgIpc) is 3.12. The van der Waals surface area contributed by atoms with E-state index in [2.05, 4.69) is 20.9 Å². The first kappa shape index (κ1) is 21.0. The Hall–Kier alpha value is -3.24. The molecule has 1 aromatic carbocycles. The van der Waals surface area contributed by atoms with E-state index in [1.54, 1.807) is 6.92 Å². The van der Waals surface area contributed by atoms with E-state index in [0.29, 0.717) is 19.1 Å². The molecular weight excluding hydrogens is 390 g/mol. The second kappa shape index (κ2) is 8.86. The molecule has 1 atom stereocenters. The zero-order valence-corrected chi connectivity index (χ0v) is 18.3. The van der Waals surface area contributed by atoms with Crippen LogP contribution in [0.1, 0.15) is 31.2 Å². The smallest absolute Gasteiger partial charge is 0.234 e. The maximum atomic E-state index is 11.4. The van der Waals surface area contributed by atoms with Gasteiger partial charge in [0.25, 0.3) is 0 Å². The minimum Gasteiger partial charge on any atom is -0.493 e. The highest BCUT2D eigenvalue weighted by Gasteiger charge is 2.21. The van der Waals surface area contributed by atoms with Crippen molar-refractivity contribution in [3.8, 4) is 23.1 Å². The highest BCUT2D eigenvalue weighted by atomic mass is 16.5. The van der Waals surface area contributed by atoms with Gasteiger partial charge in [0.1, 0.15) is 23.2 Å². The third-order valence-corrected chi connectivity index (χ3v) is 5.80. The Morgan fingerprint density at radius 1 is 1.32 bits per heavy atom. The number of ketones is 1. The third kappa shape index (κ3) is 4.59. The van der Waals surface area contributed by atoms with Crippen molar-refractivity contribution in [2.75, 3.05) is 26.2 Å². The second-order valence-electron chi connectivity index (χ2n) is 8.41. The van der Waals surface area contributed by atoms with Crippen LogP contribution >= 0.6 is 0 Å². The number of ether oxygens (including phenoxy) is 1. The molecular formula is C24H27N5O2. The molecule has 7 nitrogen and oxygen atoms in total. The first-order valence-corrected chi connectivity index (χ1v) is 10.6. The van der Waals surface area contributed by atoms with Crippen molar-refractivity contribution in [1.29, 1.82) is 5.26 Å². The number of fused-ring (bicyclic) bond motifs is 1. The van der Waals surface area contributed by atoms with Crippen molar-refractivity contribution >= 4 is 16.8 Å². The molecule has 0 bridgehead atoms.